The van der Waals surface area contributed by atoms with Crippen LogP contribution < -0.4 is 5.32 Å². The quantitative estimate of drug-likeness (QED) is 0.425. The van der Waals surface area contributed by atoms with Gasteiger partial charge in [0.2, 0.25) is 0 Å². The lowest BCUT2D eigenvalue weighted by Crippen LogP contribution is -2.33. The average Bonchev–Trinajstić information content (AvgIpc) is 2.33. The van der Waals surface area contributed by atoms with E-state index in [-0.39, 0.29) is 12.6 Å². The minimum absolute atomic E-state index is 0.0472. The first-order chi connectivity index (χ1) is 8.24. The molecule has 5 heteroatoms. The topological polar surface area (TPSA) is 50.8 Å². The summed E-state index contributed by atoms with van der Waals surface area (Å²) < 4.78 is 9.90. The van der Waals surface area contributed by atoms with Crippen molar-refractivity contribution in [2.45, 2.75) is 20.8 Å². The second kappa shape index (κ2) is 11.8. The molecule has 0 aromatic rings. The Morgan fingerprint density at radius 3 is 2.47 bits per heavy atom. The third-order valence-electron chi connectivity index (χ3n) is 2.45. The van der Waals surface area contributed by atoms with Gasteiger partial charge in [0, 0.05) is 19.6 Å². The van der Waals surface area contributed by atoms with E-state index in [1.807, 2.05) is 0 Å². The Morgan fingerprint density at radius 2 is 1.88 bits per heavy atom. The Labute approximate surface area is 104 Å². The van der Waals surface area contributed by atoms with Crippen LogP contribution in [0.15, 0.2) is 0 Å². The van der Waals surface area contributed by atoms with E-state index in [1.165, 1.54) is 0 Å². The molecular weight excluding hydrogens is 220 g/mol. The van der Waals surface area contributed by atoms with Crippen LogP contribution in [0.25, 0.3) is 0 Å². The molecule has 0 saturated heterocycles. The number of rotatable bonds is 11. The summed E-state index contributed by atoms with van der Waals surface area (Å²) in [5.41, 5.74) is 0. The van der Waals surface area contributed by atoms with Crippen LogP contribution in [0.4, 0.5) is 0 Å². The summed E-state index contributed by atoms with van der Waals surface area (Å²) in [6, 6.07) is 0. The number of esters is 1. The molecule has 0 bridgehead atoms. The Bertz CT molecular complexity index is 185. The molecule has 0 aliphatic heterocycles. The number of hydrogen-bond donors (Lipinski definition) is 1. The Morgan fingerprint density at radius 1 is 1.18 bits per heavy atom. The van der Waals surface area contributed by atoms with E-state index >= 15 is 0 Å². The first-order valence-corrected chi connectivity index (χ1v) is 6.40. The minimum Gasteiger partial charge on any atom is -0.464 e. The van der Waals surface area contributed by atoms with Crippen LogP contribution in [0.5, 0.6) is 0 Å². The minimum atomic E-state index is -0.296. The molecule has 102 valence electrons. The van der Waals surface area contributed by atoms with E-state index in [1.54, 1.807) is 6.92 Å². The number of carbonyl (C=O) groups is 1. The fourth-order valence-corrected chi connectivity index (χ4v) is 1.40. The second-order valence-electron chi connectivity index (χ2n) is 3.63. The van der Waals surface area contributed by atoms with Crippen molar-refractivity contribution in [2.24, 2.45) is 0 Å². The van der Waals surface area contributed by atoms with Crippen LogP contribution in [0.1, 0.15) is 20.8 Å². The molecule has 0 aliphatic rings. The SMILES string of the molecule is CCOC(=O)COCCNCCN(CC)CC. The van der Waals surface area contributed by atoms with Crippen LogP contribution in [-0.2, 0) is 14.3 Å². The van der Waals surface area contributed by atoms with Crippen molar-refractivity contribution in [3.8, 4) is 0 Å². The van der Waals surface area contributed by atoms with Gasteiger partial charge < -0.3 is 19.7 Å². The number of hydrogen-bond acceptors (Lipinski definition) is 5. The van der Waals surface area contributed by atoms with Crippen molar-refractivity contribution in [3.63, 3.8) is 0 Å². The van der Waals surface area contributed by atoms with Crippen LogP contribution in [-0.4, -0.2) is 63.4 Å². The second-order valence-corrected chi connectivity index (χ2v) is 3.63. The van der Waals surface area contributed by atoms with E-state index < -0.39 is 0 Å². The van der Waals surface area contributed by atoms with Gasteiger partial charge in [0.05, 0.1) is 13.2 Å². The zero-order chi connectivity index (χ0) is 12.9. The Hall–Kier alpha value is -0.650. The number of carbonyl (C=O) groups excluding carboxylic acids is 1. The summed E-state index contributed by atoms with van der Waals surface area (Å²) in [5.74, 6) is -0.296. The normalized spacial score (nSPS) is 10.8. The van der Waals surface area contributed by atoms with Gasteiger partial charge in [-0.3, -0.25) is 0 Å². The average molecular weight is 246 g/mol. The van der Waals surface area contributed by atoms with Gasteiger partial charge in [0.25, 0.3) is 0 Å². The maximum atomic E-state index is 10.9. The monoisotopic (exact) mass is 246 g/mol. The van der Waals surface area contributed by atoms with Crippen molar-refractivity contribution in [1.82, 2.24) is 10.2 Å². The molecule has 0 spiro atoms. The van der Waals surface area contributed by atoms with Gasteiger partial charge in [-0.05, 0) is 20.0 Å². The molecule has 17 heavy (non-hydrogen) atoms. The molecular formula is C12H26N2O3. The summed E-state index contributed by atoms with van der Waals surface area (Å²) in [4.78, 5) is 13.3. The van der Waals surface area contributed by atoms with Crippen molar-refractivity contribution in [3.05, 3.63) is 0 Å². The van der Waals surface area contributed by atoms with Gasteiger partial charge >= 0.3 is 5.97 Å². The molecule has 0 aliphatic carbocycles. The molecule has 1 N–H and O–H groups in total. The van der Waals surface area contributed by atoms with E-state index in [2.05, 4.69) is 24.1 Å². The van der Waals surface area contributed by atoms with Gasteiger partial charge in [-0.2, -0.15) is 0 Å². The highest BCUT2D eigenvalue weighted by molar-refractivity contribution is 5.70. The molecule has 0 unspecified atom stereocenters. The maximum Gasteiger partial charge on any atom is 0.332 e. The molecule has 5 nitrogen and oxygen atoms in total. The third kappa shape index (κ3) is 10.2. The fourth-order valence-electron chi connectivity index (χ4n) is 1.40. The Kier molecular flexibility index (Phi) is 11.4. The van der Waals surface area contributed by atoms with Crippen LogP contribution in [0, 0.1) is 0 Å². The van der Waals surface area contributed by atoms with Crippen LogP contribution >= 0.6 is 0 Å². The first kappa shape index (κ1) is 16.4. The molecule has 0 aromatic heterocycles. The Balaban J connectivity index is 3.21. The smallest absolute Gasteiger partial charge is 0.332 e. The molecule has 0 amide bonds. The summed E-state index contributed by atoms with van der Waals surface area (Å²) in [7, 11) is 0. The molecule has 0 saturated carbocycles. The third-order valence-corrected chi connectivity index (χ3v) is 2.45. The van der Waals surface area contributed by atoms with Crippen molar-refractivity contribution >= 4 is 5.97 Å². The van der Waals surface area contributed by atoms with Crippen molar-refractivity contribution in [2.75, 3.05) is 52.5 Å². The number of nitrogens with zero attached hydrogens (tertiary/aromatic N) is 1. The van der Waals surface area contributed by atoms with Gasteiger partial charge in [0.1, 0.15) is 6.61 Å². The van der Waals surface area contributed by atoms with E-state index in [0.29, 0.717) is 13.2 Å². The highest BCUT2D eigenvalue weighted by Crippen LogP contribution is 1.84. The van der Waals surface area contributed by atoms with Gasteiger partial charge in [-0.1, -0.05) is 13.8 Å². The predicted octanol–water partition coefficient (Wildman–Crippen LogP) is 0.498. The zero-order valence-corrected chi connectivity index (χ0v) is 11.3. The lowest BCUT2D eigenvalue weighted by molar-refractivity contribution is -0.148. The van der Waals surface area contributed by atoms with Gasteiger partial charge in [-0.15, -0.1) is 0 Å². The number of likely N-dealkylation sites (N-methyl/N-ethyl adjacent to an activating group) is 1. The van der Waals surface area contributed by atoms with E-state index in [0.717, 1.165) is 32.7 Å². The summed E-state index contributed by atoms with van der Waals surface area (Å²) >= 11 is 0. The van der Waals surface area contributed by atoms with E-state index in [4.69, 9.17) is 9.47 Å². The number of ether oxygens (including phenoxy) is 2. The zero-order valence-electron chi connectivity index (χ0n) is 11.3. The lowest BCUT2D eigenvalue weighted by Gasteiger charge is -2.17. The van der Waals surface area contributed by atoms with E-state index in [9.17, 15) is 4.79 Å². The molecule has 0 radical (unpaired) electrons. The van der Waals surface area contributed by atoms with Crippen LogP contribution in [0.3, 0.4) is 0 Å². The van der Waals surface area contributed by atoms with Crippen LogP contribution in [0.2, 0.25) is 0 Å². The highest BCUT2D eigenvalue weighted by atomic mass is 16.6. The predicted molar refractivity (Wildman–Crippen MR) is 68.1 cm³/mol. The molecule has 0 rings (SSSR count). The first-order valence-electron chi connectivity index (χ1n) is 6.40. The summed E-state index contributed by atoms with van der Waals surface area (Å²) in [6.45, 7) is 12.0. The fraction of sp³-hybridized carbons (Fsp3) is 0.917. The number of nitrogens with one attached hydrogen (secondary N) is 1. The summed E-state index contributed by atoms with van der Waals surface area (Å²) in [6.07, 6.45) is 0. The maximum absolute atomic E-state index is 10.9. The van der Waals surface area contributed by atoms with Gasteiger partial charge in [0.15, 0.2) is 0 Å². The van der Waals surface area contributed by atoms with Gasteiger partial charge in [-0.25, -0.2) is 4.79 Å². The molecule has 0 aromatic carbocycles. The highest BCUT2D eigenvalue weighted by Gasteiger charge is 2.00. The molecule has 0 fully saturated rings. The summed E-state index contributed by atoms with van der Waals surface area (Å²) in [5, 5.41) is 3.27. The standard InChI is InChI=1S/C12H26N2O3/c1-4-14(5-2)9-7-13-8-10-16-11-12(15)17-6-3/h13H,4-11H2,1-3H3. The lowest BCUT2D eigenvalue weighted by atomic mass is 10.4. The van der Waals surface area contributed by atoms with Crippen molar-refractivity contribution < 1.29 is 14.3 Å². The van der Waals surface area contributed by atoms with Crippen molar-refractivity contribution in [1.29, 1.82) is 0 Å². The molecule has 0 heterocycles. The largest absolute Gasteiger partial charge is 0.464 e. The molecule has 0 atom stereocenters.